The van der Waals surface area contributed by atoms with Crippen LogP contribution in [0.3, 0.4) is 0 Å². The van der Waals surface area contributed by atoms with Gasteiger partial charge in [0, 0.05) is 6.42 Å². The number of nitrogens with zero attached hydrogens (tertiary/aromatic N) is 1. The molecular formula is C18H16F3NO. The molecule has 0 radical (unpaired) electrons. The van der Waals surface area contributed by atoms with Crippen molar-refractivity contribution in [2.75, 3.05) is 0 Å². The first-order valence-electron chi connectivity index (χ1n) is 7.16. The molecule has 0 saturated heterocycles. The van der Waals surface area contributed by atoms with Gasteiger partial charge in [0.25, 0.3) is 0 Å². The number of allylic oxidation sites excluding steroid dienone is 4. The molecule has 1 aliphatic rings. The molecule has 1 aliphatic heterocycles. The summed E-state index contributed by atoms with van der Waals surface area (Å²) in [7, 11) is 0. The molecule has 0 spiro atoms. The van der Waals surface area contributed by atoms with Crippen LogP contribution in [0.15, 0.2) is 53.6 Å². The minimum Gasteiger partial charge on any atom is -0.485 e. The second-order valence-corrected chi connectivity index (χ2v) is 5.13. The Kier molecular flexibility index (Phi) is 4.95. The maximum Gasteiger partial charge on any atom is 0.416 e. The monoisotopic (exact) mass is 319 g/mol. The standard InChI is InChI=1S/C18H16F3NO/c1-3-5-12(11-22)8-13(4-2)17-10-14-9-15(18(19,20)21)6-7-16(14)23-17/h3-9,17H,10H2,1-2H3/b5-3-,12-8+,13-4+. The molecule has 0 N–H and O–H groups in total. The van der Waals surface area contributed by atoms with Crippen molar-refractivity contribution >= 4 is 0 Å². The predicted molar refractivity (Wildman–Crippen MR) is 81.8 cm³/mol. The van der Waals surface area contributed by atoms with Gasteiger partial charge in [0.15, 0.2) is 0 Å². The smallest absolute Gasteiger partial charge is 0.416 e. The fourth-order valence-electron chi connectivity index (χ4n) is 2.45. The Morgan fingerprint density at radius 3 is 2.65 bits per heavy atom. The van der Waals surface area contributed by atoms with E-state index in [9.17, 15) is 13.2 Å². The lowest BCUT2D eigenvalue weighted by Gasteiger charge is -2.12. The molecule has 0 aromatic heterocycles. The normalized spacial score (nSPS) is 18.7. The summed E-state index contributed by atoms with van der Waals surface area (Å²) in [6, 6.07) is 5.57. The lowest BCUT2D eigenvalue weighted by molar-refractivity contribution is -0.137. The van der Waals surface area contributed by atoms with Crippen LogP contribution in [0.5, 0.6) is 5.75 Å². The molecule has 0 bridgehead atoms. The number of benzene rings is 1. The van der Waals surface area contributed by atoms with Gasteiger partial charge < -0.3 is 4.74 Å². The van der Waals surface area contributed by atoms with Crippen LogP contribution in [-0.2, 0) is 12.6 Å². The van der Waals surface area contributed by atoms with Gasteiger partial charge in [-0.3, -0.25) is 0 Å². The van der Waals surface area contributed by atoms with E-state index in [4.69, 9.17) is 10.00 Å². The first-order chi connectivity index (χ1) is 10.9. The van der Waals surface area contributed by atoms with Gasteiger partial charge >= 0.3 is 6.18 Å². The molecular weight excluding hydrogens is 303 g/mol. The zero-order chi connectivity index (χ0) is 17.0. The average Bonchev–Trinajstić information content (AvgIpc) is 2.93. The van der Waals surface area contributed by atoms with Gasteiger partial charge in [0.2, 0.25) is 0 Å². The molecule has 0 saturated carbocycles. The van der Waals surface area contributed by atoms with E-state index in [-0.39, 0.29) is 6.10 Å². The van der Waals surface area contributed by atoms with Gasteiger partial charge in [0.1, 0.15) is 11.9 Å². The third-order valence-electron chi connectivity index (χ3n) is 3.56. The topological polar surface area (TPSA) is 33.0 Å². The van der Waals surface area contributed by atoms with Crippen LogP contribution in [0.25, 0.3) is 0 Å². The Morgan fingerprint density at radius 2 is 2.09 bits per heavy atom. The molecule has 2 nitrogen and oxygen atoms in total. The largest absolute Gasteiger partial charge is 0.485 e. The van der Waals surface area contributed by atoms with E-state index >= 15 is 0 Å². The molecule has 1 aromatic carbocycles. The molecule has 1 aromatic rings. The zero-order valence-electron chi connectivity index (χ0n) is 12.8. The van der Waals surface area contributed by atoms with Crippen molar-refractivity contribution in [3.05, 3.63) is 64.8 Å². The second kappa shape index (κ2) is 6.74. The van der Waals surface area contributed by atoms with E-state index in [0.717, 1.165) is 17.7 Å². The Morgan fingerprint density at radius 1 is 1.35 bits per heavy atom. The molecule has 1 heterocycles. The highest BCUT2D eigenvalue weighted by Gasteiger charge is 2.33. The third kappa shape index (κ3) is 3.84. The maximum absolute atomic E-state index is 12.8. The molecule has 0 fully saturated rings. The van der Waals surface area contributed by atoms with E-state index in [1.54, 1.807) is 25.2 Å². The molecule has 5 heteroatoms. The number of fused-ring (bicyclic) bond motifs is 1. The Labute approximate surface area is 133 Å². The van der Waals surface area contributed by atoms with Gasteiger partial charge in [-0.2, -0.15) is 18.4 Å². The number of ether oxygens (including phenoxy) is 1. The third-order valence-corrected chi connectivity index (χ3v) is 3.56. The van der Waals surface area contributed by atoms with Crippen LogP contribution >= 0.6 is 0 Å². The highest BCUT2D eigenvalue weighted by atomic mass is 19.4. The molecule has 1 atom stereocenters. The maximum atomic E-state index is 12.8. The van der Waals surface area contributed by atoms with Crippen LogP contribution in [0.4, 0.5) is 13.2 Å². The van der Waals surface area contributed by atoms with E-state index < -0.39 is 11.7 Å². The molecule has 1 unspecified atom stereocenters. The predicted octanol–water partition coefficient (Wildman–Crippen LogP) is 4.98. The number of rotatable bonds is 3. The van der Waals surface area contributed by atoms with Gasteiger partial charge in [-0.15, -0.1) is 0 Å². The fraction of sp³-hybridized carbons (Fsp3) is 0.278. The van der Waals surface area contributed by atoms with Gasteiger partial charge in [-0.05, 0) is 55.3 Å². The molecule has 23 heavy (non-hydrogen) atoms. The Bertz CT molecular complexity index is 721. The quantitative estimate of drug-likeness (QED) is 0.581. The number of alkyl halides is 3. The van der Waals surface area contributed by atoms with Crippen LogP contribution in [0.1, 0.15) is 25.0 Å². The van der Waals surface area contributed by atoms with Crippen molar-refractivity contribution in [2.24, 2.45) is 0 Å². The number of hydrogen-bond acceptors (Lipinski definition) is 2. The minimum absolute atomic E-state index is 0.351. The van der Waals surface area contributed by atoms with E-state index in [1.165, 1.54) is 6.07 Å². The summed E-state index contributed by atoms with van der Waals surface area (Å²) in [5.74, 6) is 0.459. The van der Waals surface area contributed by atoms with Crippen LogP contribution in [0, 0.1) is 11.3 Å². The minimum atomic E-state index is -4.36. The summed E-state index contributed by atoms with van der Waals surface area (Å²) in [5.41, 5.74) is 1.09. The highest BCUT2D eigenvalue weighted by molar-refractivity contribution is 5.47. The summed E-state index contributed by atoms with van der Waals surface area (Å²) in [6.07, 6.45) is 2.53. The summed E-state index contributed by atoms with van der Waals surface area (Å²) in [5, 5.41) is 9.08. The van der Waals surface area contributed by atoms with E-state index in [1.807, 2.05) is 13.0 Å². The van der Waals surface area contributed by atoms with Gasteiger partial charge in [-0.1, -0.05) is 12.2 Å². The number of halogens is 3. The summed E-state index contributed by atoms with van der Waals surface area (Å²) in [4.78, 5) is 0. The van der Waals surface area contributed by atoms with Crippen LogP contribution in [-0.4, -0.2) is 6.10 Å². The van der Waals surface area contributed by atoms with Crippen molar-refractivity contribution in [3.8, 4) is 11.8 Å². The number of hydrogen-bond donors (Lipinski definition) is 0. The SMILES string of the molecule is C\C=C/C(C#N)=C\C(=C/C)C1Cc2cc(C(F)(F)F)ccc2O1. The van der Waals surface area contributed by atoms with Crippen LogP contribution < -0.4 is 4.74 Å². The van der Waals surface area contributed by atoms with Gasteiger partial charge in [-0.25, -0.2) is 0 Å². The lowest BCUT2D eigenvalue weighted by Crippen LogP contribution is -2.15. The fourth-order valence-corrected chi connectivity index (χ4v) is 2.45. The first kappa shape index (κ1) is 16.9. The summed E-state index contributed by atoms with van der Waals surface area (Å²) < 4.78 is 44.1. The van der Waals surface area contributed by atoms with Gasteiger partial charge in [0.05, 0.1) is 17.2 Å². The first-order valence-corrected chi connectivity index (χ1v) is 7.16. The zero-order valence-corrected chi connectivity index (χ0v) is 12.8. The Balaban J connectivity index is 2.26. The van der Waals surface area contributed by atoms with Crippen LogP contribution in [0.2, 0.25) is 0 Å². The van der Waals surface area contributed by atoms with Crippen molar-refractivity contribution in [2.45, 2.75) is 32.5 Å². The molecule has 0 amide bonds. The van der Waals surface area contributed by atoms with E-state index in [0.29, 0.717) is 23.3 Å². The molecule has 2 rings (SSSR count). The van der Waals surface area contributed by atoms with Crippen molar-refractivity contribution in [1.29, 1.82) is 5.26 Å². The summed E-state index contributed by atoms with van der Waals surface area (Å²) in [6.45, 7) is 3.62. The highest BCUT2D eigenvalue weighted by Crippen LogP contribution is 2.37. The van der Waals surface area contributed by atoms with E-state index in [2.05, 4.69) is 6.07 Å². The van der Waals surface area contributed by atoms with Crippen molar-refractivity contribution < 1.29 is 17.9 Å². The lowest BCUT2D eigenvalue weighted by atomic mass is 10.00. The second-order valence-electron chi connectivity index (χ2n) is 5.13. The molecule has 120 valence electrons. The summed E-state index contributed by atoms with van der Waals surface area (Å²) >= 11 is 0. The molecule has 0 aliphatic carbocycles. The van der Waals surface area contributed by atoms with Crippen molar-refractivity contribution in [1.82, 2.24) is 0 Å². The Hall–Kier alpha value is -2.48. The number of nitriles is 1. The average molecular weight is 319 g/mol. The van der Waals surface area contributed by atoms with Crippen molar-refractivity contribution in [3.63, 3.8) is 0 Å².